The van der Waals surface area contributed by atoms with E-state index in [4.69, 9.17) is 12.2 Å². The predicted octanol–water partition coefficient (Wildman–Crippen LogP) is 1.30. The molecule has 2 nitrogen and oxygen atoms in total. The number of terminal acetylenes is 1. The molecule has 2 N–H and O–H groups in total. The number of halogens is 2. The summed E-state index contributed by atoms with van der Waals surface area (Å²) in [6.07, 6.45) is 4.95. The fourth-order valence-corrected chi connectivity index (χ4v) is 0.924. The summed E-state index contributed by atoms with van der Waals surface area (Å²) in [5.41, 5.74) is 5.63. The molecule has 1 rings (SSSR count). The van der Waals surface area contributed by atoms with E-state index in [9.17, 15) is 8.78 Å². The molecule has 0 aliphatic carbocycles. The standard InChI is InChI=1S/C10H8F2N2/c1-2-3-14-10(13)7-4-8(11)6-9(12)5-7/h1,4-6H,3H2,(H2,13,14). The maximum absolute atomic E-state index is 12.7. The first-order chi connectivity index (χ1) is 6.63. The summed E-state index contributed by atoms with van der Waals surface area (Å²) in [5.74, 6) is 0.881. The van der Waals surface area contributed by atoms with Crippen LogP contribution in [0.3, 0.4) is 0 Å². The zero-order valence-electron chi connectivity index (χ0n) is 7.30. The molecular formula is C10H8F2N2. The van der Waals surface area contributed by atoms with Gasteiger partial charge < -0.3 is 5.73 Å². The topological polar surface area (TPSA) is 38.4 Å². The van der Waals surface area contributed by atoms with Gasteiger partial charge in [0, 0.05) is 11.6 Å². The minimum absolute atomic E-state index is 0.0290. The van der Waals surface area contributed by atoms with Gasteiger partial charge in [-0.1, -0.05) is 5.92 Å². The summed E-state index contributed by atoms with van der Waals surface area (Å²) in [5, 5.41) is 0. The van der Waals surface area contributed by atoms with Crippen LogP contribution in [0, 0.1) is 24.0 Å². The molecule has 14 heavy (non-hydrogen) atoms. The van der Waals surface area contributed by atoms with Crippen molar-refractivity contribution in [1.82, 2.24) is 0 Å². The lowest BCUT2D eigenvalue weighted by atomic mass is 10.2. The van der Waals surface area contributed by atoms with Gasteiger partial charge in [-0.2, -0.15) is 0 Å². The maximum Gasteiger partial charge on any atom is 0.126 e. The molecule has 0 aliphatic rings. The Labute approximate surface area is 80.5 Å². The van der Waals surface area contributed by atoms with Gasteiger partial charge in [0.2, 0.25) is 0 Å². The summed E-state index contributed by atoms with van der Waals surface area (Å²) in [7, 11) is 0. The van der Waals surface area contributed by atoms with Crippen LogP contribution in [0.25, 0.3) is 0 Å². The second-order valence-corrected chi connectivity index (χ2v) is 2.56. The minimum atomic E-state index is -0.696. The Morgan fingerprint density at radius 1 is 1.36 bits per heavy atom. The Balaban J connectivity index is 3.02. The number of hydrogen-bond donors (Lipinski definition) is 1. The van der Waals surface area contributed by atoms with Crippen LogP contribution in [-0.2, 0) is 0 Å². The van der Waals surface area contributed by atoms with Gasteiger partial charge in [0.05, 0.1) is 0 Å². The highest BCUT2D eigenvalue weighted by Gasteiger charge is 2.03. The summed E-state index contributed by atoms with van der Waals surface area (Å²) < 4.78 is 25.4. The highest BCUT2D eigenvalue weighted by molar-refractivity contribution is 5.97. The largest absolute Gasteiger partial charge is 0.383 e. The van der Waals surface area contributed by atoms with Crippen molar-refractivity contribution in [3.05, 3.63) is 35.4 Å². The number of hydrogen-bond acceptors (Lipinski definition) is 1. The highest BCUT2D eigenvalue weighted by atomic mass is 19.1. The van der Waals surface area contributed by atoms with Crippen LogP contribution in [0.15, 0.2) is 23.2 Å². The van der Waals surface area contributed by atoms with E-state index in [1.165, 1.54) is 0 Å². The molecule has 0 aliphatic heterocycles. The van der Waals surface area contributed by atoms with E-state index in [1.54, 1.807) is 0 Å². The van der Waals surface area contributed by atoms with Gasteiger partial charge in [-0.15, -0.1) is 6.42 Å². The van der Waals surface area contributed by atoms with Crippen LogP contribution in [-0.4, -0.2) is 12.4 Å². The Kier molecular flexibility index (Phi) is 3.19. The van der Waals surface area contributed by atoms with Crippen molar-refractivity contribution >= 4 is 5.84 Å². The zero-order valence-corrected chi connectivity index (χ0v) is 7.30. The summed E-state index contributed by atoms with van der Waals surface area (Å²) in [4.78, 5) is 3.72. The van der Waals surface area contributed by atoms with Crippen molar-refractivity contribution < 1.29 is 8.78 Å². The van der Waals surface area contributed by atoms with Gasteiger partial charge in [-0.25, -0.2) is 8.78 Å². The fourth-order valence-electron chi connectivity index (χ4n) is 0.924. The third-order valence-electron chi connectivity index (χ3n) is 1.50. The molecule has 0 saturated heterocycles. The molecule has 0 fully saturated rings. The first-order valence-corrected chi connectivity index (χ1v) is 3.83. The average molecular weight is 194 g/mol. The Morgan fingerprint density at radius 2 is 1.93 bits per heavy atom. The number of nitrogens with two attached hydrogens (primary N) is 1. The van der Waals surface area contributed by atoms with E-state index >= 15 is 0 Å². The van der Waals surface area contributed by atoms with Gasteiger partial charge in [0.15, 0.2) is 0 Å². The lowest BCUT2D eigenvalue weighted by Crippen LogP contribution is -2.14. The van der Waals surface area contributed by atoms with Gasteiger partial charge in [-0.05, 0) is 12.1 Å². The molecule has 0 spiro atoms. The molecule has 0 radical (unpaired) electrons. The van der Waals surface area contributed by atoms with E-state index in [0.29, 0.717) is 0 Å². The lowest BCUT2D eigenvalue weighted by Gasteiger charge is -2.00. The van der Waals surface area contributed by atoms with Crippen molar-refractivity contribution in [2.24, 2.45) is 10.7 Å². The summed E-state index contributed by atoms with van der Waals surface area (Å²) >= 11 is 0. The number of rotatable bonds is 2. The van der Waals surface area contributed by atoms with Crippen LogP contribution < -0.4 is 5.73 Å². The molecule has 0 saturated carbocycles. The van der Waals surface area contributed by atoms with Crippen molar-refractivity contribution in [1.29, 1.82) is 0 Å². The van der Waals surface area contributed by atoms with Gasteiger partial charge in [0.25, 0.3) is 0 Å². The van der Waals surface area contributed by atoms with Gasteiger partial charge in [0.1, 0.15) is 24.0 Å². The second-order valence-electron chi connectivity index (χ2n) is 2.56. The molecule has 72 valence electrons. The van der Waals surface area contributed by atoms with Gasteiger partial charge in [-0.3, -0.25) is 4.99 Å². The summed E-state index contributed by atoms with van der Waals surface area (Å²) in [6.45, 7) is 0.0873. The molecule has 1 aromatic carbocycles. The number of aliphatic imine (C=N–C) groups is 1. The number of nitrogens with zero attached hydrogens (tertiary/aromatic N) is 1. The lowest BCUT2D eigenvalue weighted by molar-refractivity contribution is 0.583. The minimum Gasteiger partial charge on any atom is -0.383 e. The quantitative estimate of drug-likeness (QED) is 0.430. The van der Waals surface area contributed by atoms with Crippen molar-refractivity contribution in [3.63, 3.8) is 0 Å². The van der Waals surface area contributed by atoms with Crippen LogP contribution >= 0.6 is 0 Å². The average Bonchev–Trinajstić information content (AvgIpc) is 2.12. The Morgan fingerprint density at radius 3 is 2.43 bits per heavy atom. The molecule has 0 amide bonds. The van der Waals surface area contributed by atoms with E-state index in [1.807, 2.05) is 0 Å². The van der Waals surface area contributed by atoms with Gasteiger partial charge >= 0.3 is 0 Å². The molecule has 4 heteroatoms. The molecule has 0 unspecified atom stereocenters. The van der Waals surface area contributed by atoms with Crippen molar-refractivity contribution in [3.8, 4) is 12.3 Å². The van der Waals surface area contributed by atoms with Crippen molar-refractivity contribution in [2.45, 2.75) is 0 Å². The Bertz CT molecular complexity index is 385. The van der Waals surface area contributed by atoms with E-state index in [2.05, 4.69) is 10.9 Å². The summed E-state index contributed by atoms with van der Waals surface area (Å²) in [6, 6.07) is 2.95. The second kappa shape index (κ2) is 4.38. The van der Waals surface area contributed by atoms with Crippen LogP contribution in [0.4, 0.5) is 8.78 Å². The first kappa shape index (κ1) is 10.2. The molecular weight excluding hydrogens is 186 g/mol. The van der Waals surface area contributed by atoms with Crippen molar-refractivity contribution in [2.75, 3.05) is 6.54 Å². The predicted molar refractivity (Wildman–Crippen MR) is 50.8 cm³/mol. The highest BCUT2D eigenvalue weighted by Crippen LogP contribution is 2.07. The first-order valence-electron chi connectivity index (χ1n) is 3.83. The molecule has 0 heterocycles. The third-order valence-corrected chi connectivity index (χ3v) is 1.50. The number of benzene rings is 1. The van der Waals surface area contributed by atoms with E-state index in [0.717, 1.165) is 18.2 Å². The normalized spacial score (nSPS) is 11.1. The van der Waals surface area contributed by atoms with Crippen LogP contribution in [0.5, 0.6) is 0 Å². The third kappa shape index (κ3) is 2.56. The zero-order chi connectivity index (χ0) is 10.6. The molecule has 0 atom stereocenters. The smallest absolute Gasteiger partial charge is 0.126 e. The molecule has 0 aromatic heterocycles. The maximum atomic E-state index is 12.7. The SMILES string of the molecule is C#CCN=C(N)c1cc(F)cc(F)c1. The molecule has 1 aromatic rings. The van der Waals surface area contributed by atoms with E-state index in [-0.39, 0.29) is 17.9 Å². The Hall–Kier alpha value is -1.89. The van der Waals surface area contributed by atoms with E-state index < -0.39 is 11.6 Å². The number of amidine groups is 1. The van der Waals surface area contributed by atoms with Crippen LogP contribution in [0.2, 0.25) is 0 Å². The fraction of sp³-hybridized carbons (Fsp3) is 0.100. The van der Waals surface area contributed by atoms with Crippen LogP contribution in [0.1, 0.15) is 5.56 Å². The monoisotopic (exact) mass is 194 g/mol. The molecule has 0 bridgehead atoms.